The molecular formula is C18H40BN3O7. The van der Waals surface area contributed by atoms with Crippen LogP contribution >= 0.6 is 0 Å². The van der Waals surface area contributed by atoms with Crippen LogP contribution in [0.1, 0.15) is 77.0 Å². The van der Waals surface area contributed by atoms with Gasteiger partial charge in [-0.2, -0.15) is 5.06 Å². The van der Waals surface area contributed by atoms with Crippen molar-refractivity contribution in [3.05, 3.63) is 0 Å². The Hall–Kier alpha value is -1.24. The molecule has 0 unspecified atom stereocenters. The predicted octanol–water partition coefficient (Wildman–Crippen LogP) is -0.188. The van der Waals surface area contributed by atoms with Crippen LogP contribution in [0.25, 0.3) is 0 Å². The molecule has 11 heteroatoms. The lowest BCUT2D eigenvalue weighted by Crippen LogP contribution is -2.36. The maximum atomic E-state index is 10.5. The average molecular weight is 421 g/mol. The molecule has 0 aromatic heterocycles. The fourth-order valence-corrected chi connectivity index (χ4v) is 2.59. The first-order chi connectivity index (χ1) is 13.8. The molecule has 0 aliphatic heterocycles. The molecule has 0 atom stereocenters. The zero-order chi connectivity index (χ0) is 22.3. The van der Waals surface area contributed by atoms with E-state index >= 15 is 0 Å². The Balaban J connectivity index is 0. The Morgan fingerprint density at radius 2 is 1.00 bits per heavy atom. The van der Waals surface area contributed by atoms with E-state index in [-0.39, 0.29) is 38.1 Å². The Morgan fingerprint density at radius 3 is 1.24 bits per heavy atom. The highest BCUT2D eigenvalue weighted by molar-refractivity contribution is 6.32. The summed E-state index contributed by atoms with van der Waals surface area (Å²) in [5.74, 6) is -0.378. The van der Waals surface area contributed by atoms with Crippen molar-refractivity contribution in [3.63, 3.8) is 0 Å². The fourth-order valence-electron chi connectivity index (χ4n) is 2.59. The van der Waals surface area contributed by atoms with Crippen LogP contribution in [0.4, 0.5) is 0 Å². The molecule has 0 spiro atoms. The minimum atomic E-state index is -1.91. The molecular weight excluding hydrogens is 381 g/mol. The Morgan fingerprint density at radius 1 is 0.690 bits per heavy atom. The normalized spacial score (nSPS) is 10.5. The highest BCUT2D eigenvalue weighted by Crippen LogP contribution is 2.11. The molecule has 0 fully saturated rings. The van der Waals surface area contributed by atoms with E-state index < -0.39 is 7.32 Å². The number of aliphatic hydroxyl groups is 2. The third kappa shape index (κ3) is 29.1. The molecule has 2 amide bonds. The van der Waals surface area contributed by atoms with Gasteiger partial charge in [-0.15, -0.1) is 0 Å². The van der Waals surface area contributed by atoms with E-state index in [1.54, 1.807) is 0 Å². The lowest BCUT2D eigenvalue weighted by atomic mass is 10.1. The molecule has 10 nitrogen and oxygen atoms in total. The van der Waals surface area contributed by atoms with Crippen molar-refractivity contribution in [2.75, 3.05) is 26.3 Å². The van der Waals surface area contributed by atoms with Crippen LogP contribution in [0.2, 0.25) is 0 Å². The number of unbranched alkanes of at least 4 members (excludes halogenated alkanes) is 9. The summed E-state index contributed by atoms with van der Waals surface area (Å²) in [7, 11) is -1.91. The standard InChI is InChI=1S/C14H28N2O2.C4H12BNO5/c15-13(17)11-9-7-5-3-1-2-4-6-8-10-12-14(16)18;7-3-1-6(2-4-8)11-5(9)10/h1-12H2,(H2,15,17)(H2,16,18);7-10H,1-4H2. The van der Waals surface area contributed by atoms with Crippen LogP contribution in [0.3, 0.4) is 0 Å². The summed E-state index contributed by atoms with van der Waals surface area (Å²) >= 11 is 0. The van der Waals surface area contributed by atoms with Crippen molar-refractivity contribution in [3.8, 4) is 0 Å². The van der Waals surface area contributed by atoms with E-state index in [4.69, 9.17) is 31.7 Å². The minimum absolute atomic E-state index is 0.123. The first kappa shape index (κ1) is 30.0. The quantitative estimate of drug-likeness (QED) is 0.0943. The first-order valence-electron chi connectivity index (χ1n) is 10.4. The lowest BCUT2D eigenvalue weighted by Gasteiger charge is -2.18. The highest BCUT2D eigenvalue weighted by atomic mass is 16.7. The van der Waals surface area contributed by atoms with Crippen molar-refractivity contribution in [1.82, 2.24) is 5.06 Å². The van der Waals surface area contributed by atoms with Gasteiger partial charge in [0.05, 0.1) is 13.2 Å². The van der Waals surface area contributed by atoms with Gasteiger partial charge in [-0.1, -0.05) is 51.4 Å². The van der Waals surface area contributed by atoms with Crippen molar-refractivity contribution < 1.29 is 34.6 Å². The molecule has 0 aliphatic rings. The summed E-state index contributed by atoms with van der Waals surface area (Å²) in [6, 6.07) is 0. The second kappa shape index (κ2) is 23.0. The van der Waals surface area contributed by atoms with Crippen LogP contribution in [-0.4, -0.2) is 70.8 Å². The number of hydrogen-bond donors (Lipinski definition) is 6. The Kier molecular flexibility index (Phi) is 23.8. The Labute approximate surface area is 174 Å². The van der Waals surface area contributed by atoms with Crippen LogP contribution in [0, 0.1) is 0 Å². The molecule has 0 aromatic carbocycles. The lowest BCUT2D eigenvalue weighted by molar-refractivity contribution is -0.119. The molecule has 0 rings (SSSR count). The van der Waals surface area contributed by atoms with Crippen LogP contribution < -0.4 is 11.5 Å². The summed E-state index contributed by atoms with van der Waals surface area (Å²) < 4.78 is 4.36. The zero-order valence-electron chi connectivity index (χ0n) is 17.5. The molecule has 0 heterocycles. The van der Waals surface area contributed by atoms with Crippen molar-refractivity contribution >= 4 is 19.1 Å². The second-order valence-corrected chi connectivity index (χ2v) is 6.78. The van der Waals surface area contributed by atoms with Gasteiger partial charge >= 0.3 is 7.32 Å². The van der Waals surface area contributed by atoms with E-state index in [0.717, 1.165) is 30.7 Å². The van der Waals surface area contributed by atoms with E-state index in [0.29, 0.717) is 12.8 Å². The molecule has 0 aromatic rings. The number of hydrogen-bond acceptors (Lipinski definition) is 8. The minimum Gasteiger partial charge on any atom is -0.401 e. The van der Waals surface area contributed by atoms with Gasteiger partial charge in [0.1, 0.15) is 0 Å². The van der Waals surface area contributed by atoms with Gasteiger partial charge in [0.15, 0.2) is 0 Å². The smallest absolute Gasteiger partial charge is 0.401 e. The van der Waals surface area contributed by atoms with Gasteiger partial charge in [0.2, 0.25) is 11.8 Å². The van der Waals surface area contributed by atoms with Crippen LogP contribution in [0.15, 0.2) is 0 Å². The van der Waals surface area contributed by atoms with Crippen LogP contribution in [-0.2, 0) is 14.3 Å². The zero-order valence-corrected chi connectivity index (χ0v) is 17.5. The summed E-state index contributed by atoms with van der Waals surface area (Å²) in [5, 5.41) is 34.5. The third-order valence-corrected chi connectivity index (χ3v) is 4.04. The molecule has 0 aliphatic carbocycles. The largest absolute Gasteiger partial charge is 0.651 e. The summed E-state index contributed by atoms with van der Waals surface area (Å²) in [4.78, 5) is 21.0. The number of hydroxylamine groups is 2. The highest BCUT2D eigenvalue weighted by Gasteiger charge is 2.14. The van der Waals surface area contributed by atoms with Gasteiger partial charge in [-0.25, -0.2) is 0 Å². The molecule has 0 saturated heterocycles. The van der Waals surface area contributed by atoms with Crippen molar-refractivity contribution in [2.24, 2.45) is 11.5 Å². The fraction of sp³-hybridized carbons (Fsp3) is 0.889. The number of nitrogens with zero attached hydrogens (tertiary/aromatic N) is 1. The SMILES string of the molecule is NC(=O)CCCCCCCCCCCCC(N)=O.OCCN(CCO)OB(O)O. The van der Waals surface area contributed by atoms with Gasteiger partial charge in [0.25, 0.3) is 0 Å². The number of primary amides is 2. The van der Waals surface area contributed by atoms with Gasteiger partial charge in [-0.3, -0.25) is 14.3 Å². The van der Waals surface area contributed by atoms with Crippen LogP contribution in [0.5, 0.6) is 0 Å². The van der Waals surface area contributed by atoms with E-state index in [2.05, 4.69) is 4.76 Å². The monoisotopic (exact) mass is 421 g/mol. The molecule has 0 radical (unpaired) electrons. The van der Waals surface area contributed by atoms with Crippen molar-refractivity contribution in [1.29, 1.82) is 0 Å². The maximum absolute atomic E-state index is 10.5. The number of carbonyl (C=O) groups is 2. The second-order valence-electron chi connectivity index (χ2n) is 6.78. The van der Waals surface area contributed by atoms with Crippen molar-refractivity contribution in [2.45, 2.75) is 77.0 Å². The summed E-state index contributed by atoms with van der Waals surface area (Å²) in [6.45, 7) is -0.101. The van der Waals surface area contributed by atoms with Gasteiger partial charge in [0, 0.05) is 25.9 Å². The molecule has 0 saturated carbocycles. The predicted molar refractivity (Wildman–Crippen MR) is 111 cm³/mol. The molecule has 172 valence electrons. The topological polar surface area (TPSA) is 180 Å². The maximum Gasteiger partial charge on any atom is 0.651 e. The van der Waals surface area contributed by atoms with E-state index in [1.807, 2.05) is 0 Å². The van der Waals surface area contributed by atoms with E-state index in [1.165, 1.54) is 38.5 Å². The number of aliphatic hydroxyl groups excluding tert-OH is 2. The molecule has 29 heavy (non-hydrogen) atoms. The van der Waals surface area contributed by atoms with Gasteiger partial charge < -0.3 is 31.7 Å². The van der Waals surface area contributed by atoms with E-state index in [9.17, 15) is 9.59 Å². The third-order valence-electron chi connectivity index (χ3n) is 4.04. The summed E-state index contributed by atoms with van der Waals surface area (Å²) in [5.41, 5.74) is 10.1. The number of carbonyl (C=O) groups excluding carboxylic acids is 2. The summed E-state index contributed by atoms with van der Waals surface area (Å²) in [6.07, 6.45) is 12.6. The molecule has 0 bridgehead atoms. The van der Waals surface area contributed by atoms with Gasteiger partial charge in [-0.05, 0) is 12.8 Å². The Bertz CT molecular complexity index is 360. The number of nitrogens with two attached hydrogens (primary N) is 2. The first-order valence-corrected chi connectivity index (χ1v) is 10.4. The number of amides is 2. The number of rotatable bonds is 19. The molecule has 8 N–H and O–H groups in total. The average Bonchev–Trinajstić information content (AvgIpc) is 2.62.